The van der Waals surface area contributed by atoms with Gasteiger partial charge in [0.05, 0.1) is 11.4 Å². The first-order chi connectivity index (χ1) is 7.60. The number of aromatic amines is 1. The third-order valence-corrected chi connectivity index (χ3v) is 2.76. The maximum absolute atomic E-state index is 11.7. The Balaban J connectivity index is 2.63. The number of nitrogen functional groups attached to an aromatic ring is 1. The summed E-state index contributed by atoms with van der Waals surface area (Å²) in [4.78, 5) is 11.7. The largest absolute Gasteiger partial charge is 0.395 e. The van der Waals surface area contributed by atoms with Crippen LogP contribution < -0.4 is 11.1 Å². The molecule has 1 aromatic rings. The summed E-state index contributed by atoms with van der Waals surface area (Å²) in [6.45, 7) is 6.80. The standard InChI is InChI=1S/C11H20N4O/c1-4-7(3)6-13-11(16)10-9(12)8(5-2)14-15-10/h7H,4-6,12H2,1-3H3,(H,13,16)(H,14,15). The van der Waals surface area contributed by atoms with Crippen molar-refractivity contribution in [1.82, 2.24) is 15.5 Å². The van der Waals surface area contributed by atoms with Gasteiger partial charge in [0.15, 0.2) is 5.69 Å². The predicted octanol–water partition coefficient (Wildman–Crippen LogP) is 1.33. The van der Waals surface area contributed by atoms with Crippen LogP contribution in [0.25, 0.3) is 0 Å². The van der Waals surface area contributed by atoms with E-state index in [1.165, 1.54) is 0 Å². The van der Waals surface area contributed by atoms with Gasteiger partial charge in [-0.1, -0.05) is 27.2 Å². The predicted molar refractivity (Wildman–Crippen MR) is 64.2 cm³/mol. The van der Waals surface area contributed by atoms with E-state index < -0.39 is 0 Å². The van der Waals surface area contributed by atoms with E-state index in [1.54, 1.807) is 0 Å². The molecule has 1 heterocycles. The molecule has 4 N–H and O–H groups in total. The zero-order valence-electron chi connectivity index (χ0n) is 10.1. The summed E-state index contributed by atoms with van der Waals surface area (Å²) in [6, 6.07) is 0. The van der Waals surface area contributed by atoms with E-state index in [-0.39, 0.29) is 5.91 Å². The molecule has 0 spiro atoms. The van der Waals surface area contributed by atoms with Gasteiger partial charge in [0, 0.05) is 6.54 Å². The fraction of sp³-hybridized carbons (Fsp3) is 0.636. The second-order valence-electron chi connectivity index (χ2n) is 4.04. The normalized spacial score (nSPS) is 12.4. The number of hydrogen-bond acceptors (Lipinski definition) is 3. The quantitative estimate of drug-likeness (QED) is 0.705. The van der Waals surface area contributed by atoms with Crippen molar-refractivity contribution in [3.8, 4) is 0 Å². The molecule has 0 aromatic carbocycles. The third kappa shape index (κ3) is 2.74. The van der Waals surface area contributed by atoms with Crippen LogP contribution in [-0.2, 0) is 6.42 Å². The van der Waals surface area contributed by atoms with E-state index in [2.05, 4.69) is 29.4 Å². The Kier molecular flexibility index (Phi) is 4.34. The lowest BCUT2D eigenvalue weighted by atomic mass is 10.1. The van der Waals surface area contributed by atoms with Gasteiger partial charge in [0.2, 0.25) is 0 Å². The molecule has 90 valence electrons. The first-order valence-electron chi connectivity index (χ1n) is 5.71. The van der Waals surface area contributed by atoms with E-state index in [9.17, 15) is 4.79 Å². The second kappa shape index (κ2) is 5.53. The fourth-order valence-corrected chi connectivity index (χ4v) is 1.32. The number of nitrogens with zero attached hydrogens (tertiary/aromatic N) is 1. The Morgan fingerprint density at radius 2 is 2.25 bits per heavy atom. The minimum absolute atomic E-state index is 0.200. The number of H-pyrrole nitrogens is 1. The van der Waals surface area contributed by atoms with Crippen LogP contribution in [0.1, 0.15) is 43.4 Å². The van der Waals surface area contributed by atoms with Crippen LogP contribution in [-0.4, -0.2) is 22.6 Å². The lowest BCUT2D eigenvalue weighted by Crippen LogP contribution is -2.28. The van der Waals surface area contributed by atoms with E-state index in [4.69, 9.17) is 5.73 Å². The number of hydrogen-bond donors (Lipinski definition) is 3. The SMILES string of the molecule is CCc1[nH]nc(C(=O)NCC(C)CC)c1N. The Morgan fingerprint density at radius 1 is 1.56 bits per heavy atom. The summed E-state index contributed by atoms with van der Waals surface area (Å²) in [6.07, 6.45) is 1.79. The molecular weight excluding hydrogens is 204 g/mol. The molecule has 16 heavy (non-hydrogen) atoms. The average Bonchev–Trinajstić information content (AvgIpc) is 2.66. The Labute approximate surface area is 95.8 Å². The van der Waals surface area contributed by atoms with Crippen molar-refractivity contribution >= 4 is 11.6 Å². The van der Waals surface area contributed by atoms with Crippen LogP contribution in [0.5, 0.6) is 0 Å². The van der Waals surface area contributed by atoms with Crippen molar-refractivity contribution in [3.05, 3.63) is 11.4 Å². The van der Waals surface area contributed by atoms with Crippen molar-refractivity contribution in [2.45, 2.75) is 33.6 Å². The molecule has 1 unspecified atom stereocenters. The fourth-order valence-electron chi connectivity index (χ4n) is 1.32. The molecule has 0 bridgehead atoms. The molecule has 0 radical (unpaired) electrons. The number of nitrogens with one attached hydrogen (secondary N) is 2. The van der Waals surface area contributed by atoms with Crippen LogP contribution in [0.2, 0.25) is 0 Å². The van der Waals surface area contributed by atoms with Gasteiger partial charge < -0.3 is 11.1 Å². The van der Waals surface area contributed by atoms with Crippen LogP contribution in [0, 0.1) is 5.92 Å². The number of anilines is 1. The average molecular weight is 224 g/mol. The van der Waals surface area contributed by atoms with Crippen molar-refractivity contribution in [2.75, 3.05) is 12.3 Å². The number of amides is 1. The van der Waals surface area contributed by atoms with Gasteiger partial charge in [-0.25, -0.2) is 0 Å². The summed E-state index contributed by atoms with van der Waals surface area (Å²) in [7, 11) is 0. The molecule has 1 amide bonds. The lowest BCUT2D eigenvalue weighted by molar-refractivity contribution is 0.0943. The molecule has 5 heteroatoms. The molecule has 5 nitrogen and oxygen atoms in total. The van der Waals surface area contributed by atoms with E-state index in [0.717, 1.165) is 18.5 Å². The monoisotopic (exact) mass is 224 g/mol. The maximum Gasteiger partial charge on any atom is 0.273 e. The molecule has 0 saturated carbocycles. The van der Waals surface area contributed by atoms with Gasteiger partial charge in [-0.05, 0) is 12.3 Å². The van der Waals surface area contributed by atoms with E-state index in [0.29, 0.717) is 23.8 Å². The Morgan fingerprint density at radius 3 is 2.75 bits per heavy atom. The lowest BCUT2D eigenvalue weighted by Gasteiger charge is -2.09. The summed E-state index contributed by atoms with van der Waals surface area (Å²) in [5.41, 5.74) is 7.38. The summed E-state index contributed by atoms with van der Waals surface area (Å²) < 4.78 is 0. The van der Waals surface area contributed by atoms with Gasteiger partial charge >= 0.3 is 0 Å². The molecular formula is C11H20N4O. The number of aromatic nitrogens is 2. The highest BCUT2D eigenvalue weighted by molar-refractivity contribution is 5.97. The van der Waals surface area contributed by atoms with E-state index >= 15 is 0 Å². The van der Waals surface area contributed by atoms with Crippen LogP contribution in [0.15, 0.2) is 0 Å². The second-order valence-corrected chi connectivity index (χ2v) is 4.04. The first-order valence-corrected chi connectivity index (χ1v) is 5.71. The van der Waals surface area contributed by atoms with Crippen LogP contribution in [0.3, 0.4) is 0 Å². The minimum Gasteiger partial charge on any atom is -0.395 e. The summed E-state index contributed by atoms with van der Waals surface area (Å²) in [5, 5.41) is 9.53. The van der Waals surface area contributed by atoms with E-state index in [1.807, 2.05) is 6.92 Å². The maximum atomic E-state index is 11.7. The number of rotatable bonds is 5. The highest BCUT2D eigenvalue weighted by atomic mass is 16.1. The van der Waals surface area contributed by atoms with Crippen molar-refractivity contribution in [3.63, 3.8) is 0 Å². The molecule has 0 aliphatic rings. The third-order valence-electron chi connectivity index (χ3n) is 2.76. The van der Waals surface area contributed by atoms with Gasteiger partial charge in [-0.15, -0.1) is 0 Å². The smallest absolute Gasteiger partial charge is 0.273 e. The van der Waals surface area contributed by atoms with Crippen molar-refractivity contribution in [2.24, 2.45) is 5.92 Å². The van der Waals surface area contributed by atoms with Gasteiger partial charge in [0.25, 0.3) is 5.91 Å². The first kappa shape index (κ1) is 12.5. The molecule has 1 aromatic heterocycles. The number of aryl methyl sites for hydroxylation is 1. The highest BCUT2D eigenvalue weighted by Crippen LogP contribution is 2.14. The van der Waals surface area contributed by atoms with Crippen LogP contribution >= 0.6 is 0 Å². The highest BCUT2D eigenvalue weighted by Gasteiger charge is 2.16. The van der Waals surface area contributed by atoms with Crippen molar-refractivity contribution < 1.29 is 4.79 Å². The molecule has 0 aliphatic heterocycles. The zero-order chi connectivity index (χ0) is 12.1. The zero-order valence-corrected chi connectivity index (χ0v) is 10.1. The molecule has 0 saturated heterocycles. The van der Waals surface area contributed by atoms with Gasteiger partial charge in [-0.2, -0.15) is 5.10 Å². The molecule has 1 atom stereocenters. The number of carbonyl (C=O) groups is 1. The van der Waals surface area contributed by atoms with Crippen molar-refractivity contribution in [1.29, 1.82) is 0 Å². The molecule has 1 rings (SSSR count). The number of carbonyl (C=O) groups excluding carboxylic acids is 1. The van der Waals surface area contributed by atoms with Crippen LogP contribution in [0.4, 0.5) is 5.69 Å². The Hall–Kier alpha value is -1.52. The van der Waals surface area contributed by atoms with Gasteiger partial charge in [0.1, 0.15) is 0 Å². The van der Waals surface area contributed by atoms with Gasteiger partial charge in [-0.3, -0.25) is 9.89 Å². The Bertz CT molecular complexity index is 359. The topological polar surface area (TPSA) is 83.8 Å². The summed E-state index contributed by atoms with van der Waals surface area (Å²) in [5.74, 6) is 0.267. The molecule has 0 aliphatic carbocycles. The summed E-state index contributed by atoms with van der Waals surface area (Å²) >= 11 is 0. The minimum atomic E-state index is -0.200. The number of nitrogens with two attached hydrogens (primary N) is 1. The molecule has 0 fully saturated rings.